The van der Waals surface area contributed by atoms with E-state index in [-0.39, 0.29) is 23.5 Å². The van der Waals surface area contributed by atoms with Gasteiger partial charge in [0.25, 0.3) is 0 Å². The highest BCUT2D eigenvalue weighted by Crippen LogP contribution is 2.39. The van der Waals surface area contributed by atoms with Crippen LogP contribution in [0, 0.1) is 17.2 Å². The molecule has 3 rings (SSSR count). The molecule has 1 aliphatic heterocycles. The monoisotopic (exact) mass is 438 g/mol. The molecule has 0 bridgehead atoms. The smallest absolute Gasteiger partial charge is 0.228 e. The van der Waals surface area contributed by atoms with Gasteiger partial charge in [-0.05, 0) is 60.9 Å². The van der Waals surface area contributed by atoms with Gasteiger partial charge in [-0.2, -0.15) is 0 Å². The molecular weight excluding hydrogens is 403 g/mol. The van der Waals surface area contributed by atoms with Crippen LogP contribution in [0.2, 0.25) is 0 Å². The van der Waals surface area contributed by atoms with Crippen molar-refractivity contribution < 1.29 is 14.0 Å². The van der Waals surface area contributed by atoms with E-state index in [0.717, 1.165) is 29.5 Å². The number of rotatable bonds is 7. The van der Waals surface area contributed by atoms with Crippen LogP contribution in [0.1, 0.15) is 45.1 Å². The van der Waals surface area contributed by atoms with Crippen molar-refractivity contribution >= 4 is 11.8 Å². The van der Waals surface area contributed by atoms with Crippen LogP contribution in [0.3, 0.4) is 0 Å². The van der Waals surface area contributed by atoms with E-state index in [1.165, 1.54) is 12.1 Å². The number of benzene rings is 2. The molecule has 0 N–H and O–H groups in total. The van der Waals surface area contributed by atoms with Crippen molar-refractivity contribution in [2.75, 3.05) is 27.2 Å². The quantitative estimate of drug-likeness (QED) is 0.598. The van der Waals surface area contributed by atoms with E-state index >= 15 is 0 Å². The lowest BCUT2D eigenvalue weighted by atomic mass is 9.71. The molecule has 1 fully saturated rings. The summed E-state index contributed by atoms with van der Waals surface area (Å²) >= 11 is 0. The Labute approximate surface area is 191 Å². The van der Waals surface area contributed by atoms with Crippen molar-refractivity contribution in [3.05, 3.63) is 59.9 Å². The van der Waals surface area contributed by atoms with Gasteiger partial charge in [-0.3, -0.25) is 9.59 Å². The first-order valence-electron chi connectivity index (χ1n) is 11.7. The van der Waals surface area contributed by atoms with Crippen LogP contribution in [0.25, 0.3) is 11.1 Å². The number of hydrogen-bond acceptors (Lipinski definition) is 2. The van der Waals surface area contributed by atoms with E-state index in [4.69, 9.17) is 0 Å². The van der Waals surface area contributed by atoms with Gasteiger partial charge in [-0.15, -0.1) is 0 Å². The molecule has 4 nitrogen and oxygen atoms in total. The van der Waals surface area contributed by atoms with Crippen LogP contribution >= 0.6 is 0 Å². The van der Waals surface area contributed by atoms with Gasteiger partial charge >= 0.3 is 0 Å². The molecule has 172 valence electrons. The number of likely N-dealkylation sites (tertiary alicyclic amines) is 1. The number of piperidine rings is 1. The first kappa shape index (κ1) is 24.0. The Hall–Kier alpha value is -2.69. The van der Waals surface area contributed by atoms with Gasteiger partial charge in [-0.25, -0.2) is 4.39 Å². The van der Waals surface area contributed by atoms with E-state index in [2.05, 4.69) is 13.8 Å². The molecule has 0 radical (unpaired) electrons. The summed E-state index contributed by atoms with van der Waals surface area (Å²) in [5, 5.41) is 0. The summed E-state index contributed by atoms with van der Waals surface area (Å²) in [5.41, 5.74) is 2.23. The standard InChI is InChI=1S/C27H35FN2O2/c1-5-20(6-2)25(31)30-16-14-27(15-17-30,26(32)29(3)4)19-22-10-7-8-13-24(22)21-11-9-12-23(28)18-21/h7-13,18,20H,5-6,14-17,19H2,1-4H3. The topological polar surface area (TPSA) is 40.6 Å². The SMILES string of the molecule is CCC(CC)C(=O)N1CCC(Cc2ccccc2-c2cccc(F)c2)(C(=O)N(C)C)CC1. The fourth-order valence-corrected chi connectivity index (χ4v) is 4.97. The summed E-state index contributed by atoms with van der Waals surface area (Å²) < 4.78 is 13.9. The molecule has 1 aliphatic rings. The molecule has 1 heterocycles. The van der Waals surface area contributed by atoms with E-state index < -0.39 is 5.41 Å². The second-order valence-electron chi connectivity index (χ2n) is 9.16. The molecule has 2 amide bonds. The predicted molar refractivity (Wildman–Crippen MR) is 127 cm³/mol. The van der Waals surface area contributed by atoms with Crippen LogP contribution in [-0.4, -0.2) is 48.8 Å². The molecule has 0 atom stereocenters. The van der Waals surface area contributed by atoms with Gasteiger partial charge in [0.2, 0.25) is 11.8 Å². The molecule has 0 aliphatic carbocycles. The Morgan fingerprint density at radius 3 is 2.28 bits per heavy atom. The van der Waals surface area contributed by atoms with Gasteiger partial charge in [-0.1, -0.05) is 50.2 Å². The predicted octanol–water partition coefficient (Wildman–Crippen LogP) is 5.17. The Morgan fingerprint density at radius 2 is 1.69 bits per heavy atom. The van der Waals surface area contributed by atoms with E-state index in [1.807, 2.05) is 35.2 Å². The zero-order valence-electron chi connectivity index (χ0n) is 19.7. The lowest BCUT2D eigenvalue weighted by molar-refractivity contribution is -0.147. The molecular formula is C27H35FN2O2. The summed E-state index contributed by atoms with van der Waals surface area (Å²) in [4.78, 5) is 29.9. The number of carbonyl (C=O) groups excluding carboxylic acids is 2. The maximum atomic E-state index is 13.9. The van der Waals surface area contributed by atoms with Crippen LogP contribution < -0.4 is 0 Å². The lowest BCUT2D eigenvalue weighted by Crippen LogP contribution is -2.51. The van der Waals surface area contributed by atoms with Gasteiger partial charge < -0.3 is 9.80 Å². The van der Waals surface area contributed by atoms with Crippen molar-refractivity contribution in [2.45, 2.75) is 46.0 Å². The molecule has 32 heavy (non-hydrogen) atoms. The maximum absolute atomic E-state index is 13.9. The Morgan fingerprint density at radius 1 is 1.03 bits per heavy atom. The van der Waals surface area contributed by atoms with Crippen molar-refractivity contribution in [3.63, 3.8) is 0 Å². The summed E-state index contributed by atoms with van der Waals surface area (Å²) in [7, 11) is 3.59. The van der Waals surface area contributed by atoms with Crippen molar-refractivity contribution in [3.8, 4) is 11.1 Å². The molecule has 5 heteroatoms. The number of hydrogen-bond donors (Lipinski definition) is 0. The second kappa shape index (κ2) is 10.3. The Balaban J connectivity index is 1.90. The first-order valence-corrected chi connectivity index (χ1v) is 11.7. The average molecular weight is 439 g/mol. The fourth-order valence-electron chi connectivity index (χ4n) is 4.97. The normalized spacial score (nSPS) is 15.6. The zero-order chi connectivity index (χ0) is 23.3. The minimum atomic E-state index is -0.572. The summed E-state index contributed by atoms with van der Waals surface area (Å²) in [5.74, 6) is 0.0904. The minimum Gasteiger partial charge on any atom is -0.348 e. The van der Waals surface area contributed by atoms with Gasteiger partial charge in [0.15, 0.2) is 0 Å². The first-order chi connectivity index (χ1) is 15.3. The highest BCUT2D eigenvalue weighted by atomic mass is 19.1. The molecule has 0 saturated carbocycles. The fraction of sp³-hybridized carbons (Fsp3) is 0.481. The summed E-state index contributed by atoms with van der Waals surface area (Å²) in [6, 6.07) is 14.5. The lowest BCUT2D eigenvalue weighted by Gasteiger charge is -2.43. The van der Waals surface area contributed by atoms with E-state index in [1.54, 1.807) is 25.1 Å². The molecule has 0 spiro atoms. The zero-order valence-corrected chi connectivity index (χ0v) is 19.7. The second-order valence-corrected chi connectivity index (χ2v) is 9.16. The van der Waals surface area contributed by atoms with Crippen LogP contribution in [0.15, 0.2) is 48.5 Å². The van der Waals surface area contributed by atoms with Gasteiger partial charge in [0.05, 0.1) is 5.41 Å². The number of nitrogens with zero attached hydrogens (tertiary/aromatic N) is 2. The Kier molecular flexibility index (Phi) is 7.70. The number of amides is 2. The van der Waals surface area contributed by atoms with E-state index in [0.29, 0.717) is 32.4 Å². The summed E-state index contributed by atoms with van der Waals surface area (Å²) in [6.45, 7) is 5.30. The largest absolute Gasteiger partial charge is 0.348 e. The van der Waals surface area contributed by atoms with Crippen molar-refractivity contribution in [1.29, 1.82) is 0 Å². The van der Waals surface area contributed by atoms with Crippen molar-refractivity contribution in [2.24, 2.45) is 11.3 Å². The number of carbonyl (C=O) groups is 2. The highest BCUT2D eigenvalue weighted by molar-refractivity contribution is 5.84. The van der Waals surface area contributed by atoms with Gasteiger partial charge in [0.1, 0.15) is 5.82 Å². The van der Waals surface area contributed by atoms with Gasteiger partial charge in [0, 0.05) is 33.1 Å². The maximum Gasteiger partial charge on any atom is 0.228 e. The summed E-state index contributed by atoms with van der Waals surface area (Å²) in [6.07, 6.45) is 3.52. The molecule has 2 aromatic carbocycles. The highest BCUT2D eigenvalue weighted by Gasteiger charge is 2.44. The van der Waals surface area contributed by atoms with Crippen LogP contribution in [0.4, 0.5) is 4.39 Å². The average Bonchev–Trinajstić information content (AvgIpc) is 2.80. The third-order valence-electron chi connectivity index (χ3n) is 6.91. The van der Waals surface area contributed by atoms with Crippen molar-refractivity contribution in [1.82, 2.24) is 9.80 Å². The van der Waals surface area contributed by atoms with Crippen LogP contribution in [-0.2, 0) is 16.0 Å². The van der Waals surface area contributed by atoms with Crippen LogP contribution in [0.5, 0.6) is 0 Å². The van der Waals surface area contributed by atoms with E-state index in [9.17, 15) is 14.0 Å². The Bertz CT molecular complexity index is 944. The minimum absolute atomic E-state index is 0.0563. The molecule has 0 aromatic heterocycles. The third-order valence-corrected chi connectivity index (χ3v) is 6.91. The molecule has 0 unspecified atom stereocenters. The number of halogens is 1. The molecule has 1 saturated heterocycles. The molecule has 2 aromatic rings. The third kappa shape index (κ3) is 5.03.